The van der Waals surface area contributed by atoms with Gasteiger partial charge in [-0.2, -0.15) is 0 Å². The molecule has 0 bridgehead atoms. The van der Waals surface area contributed by atoms with E-state index in [4.69, 9.17) is 28.9 Å². The second-order valence-electron chi connectivity index (χ2n) is 13.7. The van der Waals surface area contributed by atoms with Crippen molar-refractivity contribution in [2.24, 2.45) is 5.41 Å². The van der Waals surface area contributed by atoms with Crippen molar-refractivity contribution in [3.8, 4) is 22.8 Å². The van der Waals surface area contributed by atoms with Gasteiger partial charge in [0.1, 0.15) is 24.2 Å². The summed E-state index contributed by atoms with van der Waals surface area (Å²) in [4.78, 5) is 25.6. The van der Waals surface area contributed by atoms with E-state index in [2.05, 4.69) is 18.7 Å². The molecule has 1 aromatic carbocycles. The number of hydrogen-bond donors (Lipinski definition) is 0. The molecule has 0 radical (unpaired) electrons. The lowest BCUT2D eigenvalue weighted by Gasteiger charge is -2.41. The first-order chi connectivity index (χ1) is 20.7. The minimum Gasteiger partial charge on any atom is -0.488 e. The van der Waals surface area contributed by atoms with Gasteiger partial charge in [0.2, 0.25) is 0 Å². The van der Waals surface area contributed by atoms with Crippen LogP contribution in [0, 0.1) is 12.3 Å². The topological polar surface area (TPSA) is 83.0 Å². The zero-order valence-corrected chi connectivity index (χ0v) is 27.8. The highest BCUT2D eigenvalue weighted by molar-refractivity contribution is 5.86. The number of pyridine rings is 2. The molecule has 0 N–H and O–H groups in total. The number of esters is 1. The number of para-hydroxylation sites is 1. The van der Waals surface area contributed by atoms with Crippen molar-refractivity contribution in [3.05, 3.63) is 66.1 Å². The minimum absolute atomic E-state index is 0.138. The Hall–Kier alpha value is -3.65. The van der Waals surface area contributed by atoms with Gasteiger partial charge in [0, 0.05) is 36.1 Å². The van der Waals surface area contributed by atoms with Crippen LogP contribution in [-0.4, -0.2) is 53.4 Å². The van der Waals surface area contributed by atoms with Gasteiger partial charge in [0.25, 0.3) is 0 Å². The third kappa shape index (κ3) is 8.94. The number of ether oxygens (including phenoxy) is 4. The molecule has 0 aliphatic carbocycles. The molecule has 8 heteroatoms. The Bertz CT molecular complexity index is 1370. The Morgan fingerprint density at radius 3 is 2.23 bits per heavy atom. The number of hydrogen-bond acceptors (Lipinski definition) is 8. The van der Waals surface area contributed by atoms with Gasteiger partial charge < -0.3 is 23.8 Å². The van der Waals surface area contributed by atoms with Crippen LogP contribution in [-0.2, 0) is 14.3 Å². The molecule has 0 amide bonds. The molecule has 3 heterocycles. The van der Waals surface area contributed by atoms with Crippen molar-refractivity contribution < 1.29 is 23.7 Å². The molecule has 44 heavy (non-hydrogen) atoms. The monoisotopic (exact) mass is 603 g/mol. The van der Waals surface area contributed by atoms with E-state index in [1.807, 2.05) is 97.1 Å². The van der Waals surface area contributed by atoms with Crippen LogP contribution in [0.4, 0.5) is 5.69 Å². The van der Waals surface area contributed by atoms with Gasteiger partial charge in [0.05, 0.1) is 29.3 Å². The molecule has 1 saturated heterocycles. The van der Waals surface area contributed by atoms with Gasteiger partial charge in [0.15, 0.2) is 6.10 Å². The van der Waals surface area contributed by atoms with E-state index < -0.39 is 17.7 Å². The maximum atomic E-state index is 13.6. The summed E-state index contributed by atoms with van der Waals surface area (Å²) in [6, 6.07) is 13.6. The number of rotatable bonds is 11. The molecular weight excluding hydrogens is 554 g/mol. The van der Waals surface area contributed by atoms with Crippen molar-refractivity contribution in [1.29, 1.82) is 0 Å². The van der Waals surface area contributed by atoms with Crippen LogP contribution in [0.25, 0.3) is 11.3 Å². The maximum Gasteiger partial charge on any atom is 0.340 e. The third-order valence-electron chi connectivity index (χ3n) is 7.60. The smallest absolute Gasteiger partial charge is 0.340 e. The molecule has 2 atom stereocenters. The van der Waals surface area contributed by atoms with Crippen LogP contribution in [0.1, 0.15) is 85.6 Å². The Balaban J connectivity index is 1.69. The quantitative estimate of drug-likeness (QED) is 0.206. The second-order valence-corrected chi connectivity index (χ2v) is 13.7. The second kappa shape index (κ2) is 14.0. The van der Waals surface area contributed by atoms with Crippen LogP contribution in [0.5, 0.6) is 11.5 Å². The van der Waals surface area contributed by atoms with E-state index in [0.29, 0.717) is 12.4 Å². The van der Waals surface area contributed by atoms with Crippen LogP contribution in [0.2, 0.25) is 0 Å². The number of nitrogens with zero attached hydrogens (tertiary/aromatic N) is 3. The molecule has 238 valence electrons. The number of carbonyl (C=O) groups excluding carboxylic acids is 1. The summed E-state index contributed by atoms with van der Waals surface area (Å²) in [7, 11) is 0. The van der Waals surface area contributed by atoms with Crippen molar-refractivity contribution >= 4 is 11.7 Å². The lowest BCUT2D eigenvalue weighted by atomic mass is 9.82. The van der Waals surface area contributed by atoms with Crippen LogP contribution < -0.4 is 14.4 Å². The summed E-state index contributed by atoms with van der Waals surface area (Å²) < 4.78 is 24.1. The van der Waals surface area contributed by atoms with Gasteiger partial charge in [-0.25, -0.2) is 4.79 Å². The first-order valence-electron chi connectivity index (χ1n) is 15.7. The van der Waals surface area contributed by atoms with E-state index in [0.717, 1.165) is 59.9 Å². The predicted octanol–water partition coefficient (Wildman–Crippen LogP) is 7.73. The minimum atomic E-state index is -0.941. The maximum absolute atomic E-state index is 13.6. The van der Waals surface area contributed by atoms with Crippen LogP contribution >= 0.6 is 0 Å². The molecule has 0 spiro atoms. The van der Waals surface area contributed by atoms with Gasteiger partial charge in [-0.05, 0) is 91.0 Å². The van der Waals surface area contributed by atoms with E-state index in [-0.39, 0.29) is 17.6 Å². The standard InChI is InChI=1S/C36H49N3O5/c1-24(2)42-34(40)33(44-35(5,6)7)31-26(4)37-22-29(32(31)39-19-17-36(8,9)18-20-39)30-16-15-28(21-38-30)41-23-25(3)43-27-13-11-10-12-14-27/h10-16,21-22,24-25,33H,17-20,23H2,1-9H3/t25-,33+/m1/s1. The largest absolute Gasteiger partial charge is 0.488 e. The number of aryl methyl sites for hydroxylation is 1. The first-order valence-corrected chi connectivity index (χ1v) is 15.7. The van der Waals surface area contributed by atoms with Gasteiger partial charge in [-0.15, -0.1) is 0 Å². The van der Waals surface area contributed by atoms with E-state index in [1.165, 1.54) is 0 Å². The van der Waals surface area contributed by atoms with Crippen molar-refractivity contribution in [1.82, 2.24) is 9.97 Å². The molecule has 0 unspecified atom stereocenters. The van der Waals surface area contributed by atoms with Crippen molar-refractivity contribution in [2.45, 2.75) is 99.1 Å². The normalized spacial score (nSPS) is 16.4. The third-order valence-corrected chi connectivity index (χ3v) is 7.60. The number of anilines is 1. The highest BCUT2D eigenvalue weighted by Gasteiger charge is 2.37. The highest BCUT2D eigenvalue weighted by atomic mass is 16.6. The SMILES string of the molecule is Cc1ncc(-c2ccc(OC[C@@H](C)Oc3ccccc3)cn2)c(N2CCC(C)(C)CC2)c1[C@H](OC(C)(C)C)C(=O)OC(C)C. The van der Waals surface area contributed by atoms with E-state index in [1.54, 1.807) is 6.20 Å². The van der Waals surface area contributed by atoms with Crippen molar-refractivity contribution in [2.75, 3.05) is 24.6 Å². The lowest BCUT2D eigenvalue weighted by molar-refractivity contribution is -0.171. The zero-order chi connectivity index (χ0) is 32.1. The van der Waals surface area contributed by atoms with E-state index in [9.17, 15) is 4.79 Å². The fraction of sp³-hybridized carbons (Fsp3) is 0.528. The number of piperidine rings is 1. The Morgan fingerprint density at radius 2 is 1.64 bits per heavy atom. The fourth-order valence-electron chi connectivity index (χ4n) is 5.26. The highest BCUT2D eigenvalue weighted by Crippen LogP contribution is 2.43. The molecular formula is C36H49N3O5. The number of aromatic nitrogens is 2. The molecule has 4 rings (SSSR count). The first kappa shape index (κ1) is 33.2. The Kier molecular flexibility index (Phi) is 10.6. The lowest BCUT2D eigenvalue weighted by Crippen LogP contribution is -2.39. The summed E-state index contributed by atoms with van der Waals surface area (Å²) in [5.74, 6) is 1.03. The molecule has 3 aromatic rings. The molecule has 1 aliphatic heterocycles. The molecule has 0 saturated carbocycles. The summed E-state index contributed by atoms with van der Waals surface area (Å²) in [6.07, 6.45) is 4.28. The summed E-state index contributed by atoms with van der Waals surface area (Å²) in [6.45, 7) is 20.1. The average Bonchev–Trinajstić information content (AvgIpc) is 2.95. The van der Waals surface area contributed by atoms with Gasteiger partial charge in [-0.3, -0.25) is 9.97 Å². The van der Waals surface area contributed by atoms with Crippen molar-refractivity contribution in [3.63, 3.8) is 0 Å². The number of carbonyl (C=O) groups is 1. The van der Waals surface area contributed by atoms with Gasteiger partial charge in [-0.1, -0.05) is 32.0 Å². The van der Waals surface area contributed by atoms with Gasteiger partial charge >= 0.3 is 5.97 Å². The fourth-order valence-corrected chi connectivity index (χ4v) is 5.26. The Labute approximate surface area is 263 Å². The Morgan fingerprint density at radius 1 is 0.955 bits per heavy atom. The summed E-state index contributed by atoms with van der Waals surface area (Å²) in [5.41, 5.74) is 3.63. The van der Waals surface area contributed by atoms with Crippen LogP contribution in [0.15, 0.2) is 54.9 Å². The predicted molar refractivity (Wildman–Crippen MR) is 174 cm³/mol. The zero-order valence-electron chi connectivity index (χ0n) is 27.8. The molecule has 8 nitrogen and oxygen atoms in total. The number of benzene rings is 1. The van der Waals surface area contributed by atoms with Crippen LogP contribution in [0.3, 0.4) is 0 Å². The van der Waals surface area contributed by atoms with E-state index >= 15 is 0 Å². The molecule has 1 fully saturated rings. The summed E-state index contributed by atoms with van der Waals surface area (Å²) >= 11 is 0. The molecule has 2 aromatic heterocycles. The average molecular weight is 604 g/mol. The molecule has 1 aliphatic rings. The summed E-state index contributed by atoms with van der Waals surface area (Å²) in [5, 5.41) is 0.